The lowest BCUT2D eigenvalue weighted by molar-refractivity contribution is -0.136. The van der Waals surface area contributed by atoms with Crippen LogP contribution in [0, 0.1) is 0 Å². The molecule has 3 nitrogen and oxygen atoms in total. The van der Waals surface area contributed by atoms with E-state index in [0.29, 0.717) is 11.3 Å². The molecule has 3 heteroatoms. The number of unbranched alkanes of at least 4 members (excludes halogenated alkanes) is 4. The highest BCUT2D eigenvalue weighted by atomic mass is 16.7. The average molecular weight is 195 g/mol. The van der Waals surface area contributed by atoms with Crippen molar-refractivity contribution in [2.24, 2.45) is 5.16 Å². The topological polar surface area (TPSA) is 38.7 Å². The molecular weight excluding hydrogens is 178 g/mol. The lowest BCUT2D eigenvalue weighted by atomic mass is 10.1. The second kappa shape index (κ2) is 5.58. The van der Waals surface area contributed by atoms with Crippen molar-refractivity contribution in [2.75, 3.05) is 0 Å². The van der Waals surface area contributed by atoms with Gasteiger partial charge in [0.25, 0.3) is 0 Å². The summed E-state index contributed by atoms with van der Waals surface area (Å²) in [6.07, 6.45) is 7.74. The molecule has 1 aliphatic heterocycles. The number of hydrogen-bond acceptors (Lipinski definition) is 3. The molecule has 0 spiro atoms. The van der Waals surface area contributed by atoms with E-state index < -0.39 is 0 Å². The highest BCUT2D eigenvalue weighted by Crippen LogP contribution is 2.13. The number of allylic oxidation sites excluding steroid dienone is 1. The monoisotopic (exact) mass is 195 g/mol. The predicted molar refractivity (Wildman–Crippen MR) is 56.0 cm³/mol. The maximum absolute atomic E-state index is 11.1. The van der Waals surface area contributed by atoms with Gasteiger partial charge in [0.05, 0.1) is 11.3 Å². The summed E-state index contributed by atoms with van der Waals surface area (Å²) in [5.74, 6) is -0.307. The molecule has 0 bridgehead atoms. The smallest absolute Gasteiger partial charge is 0.312 e. The van der Waals surface area contributed by atoms with Crippen LogP contribution in [0.15, 0.2) is 16.8 Å². The Balaban J connectivity index is 2.30. The van der Waals surface area contributed by atoms with E-state index in [1.165, 1.54) is 19.3 Å². The quantitative estimate of drug-likeness (QED) is 0.384. The minimum absolute atomic E-state index is 0.307. The van der Waals surface area contributed by atoms with E-state index in [1.807, 2.05) is 6.08 Å². The minimum Gasteiger partial charge on any atom is -0.312 e. The number of carbonyl (C=O) groups excluding carboxylic acids is 1. The average Bonchev–Trinajstić information content (AvgIpc) is 2.48. The maximum Gasteiger partial charge on any atom is 0.367 e. The van der Waals surface area contributed by atoms with Crippen LogP contribution in [0.2, 0.25) is 0 Å². The summed E-state index contributed by atoms with van der Waals surface area (Å²) in [6, 6.07) is 0. The summed E-state index contributed by atoms with van der Waals surface area (Å²) >= 11 is 0. The SMILES string of the molecule is CCCCCC/C=C1/C(=O)ON=C1C. The van der Waals surface area contributed by atoms with E-state index in [-0.39, 0.29) is 5.97 Å². The van der Waals surface area contributed by atoms with Crippen LogP contribution in [-0.4, -0.2) is 11.7 Å². The fourth-order valence-electron chi connectivity index (χ4n) is 1.40. The van der Waals surface area contributed by atoms with Crippen molar-refractivity contribution in [1.82, 2.24) is 0 Å². The summed E-state index contributed by atoms with van der Waals surface area (Å²) in [7, 11) is 0. The molecule has 0 amide bonds. The molecule has 14 heavy (non-hydrogen) atoms. The molecular formula is C11H17NO2. The van der Waals surface area contributed by atoms with Crippen molar-refractivity contribution in [2.45, 2.75) is 46.0 Å². The van der Waals surface area contributed by atoms with E-state index in [9.17, 15) is 4.79 Å². The van der Waals surface area contributed by atoms with Crippen LogP contribution in [-0.2, 0) is 9.63 Å². The molecule has 0 fully saturated rings. The summed E-state index contributed by atoms with van der Waals surface area (Å²) in [4.78, 5) is 15.6. The van der Waals surface area contributed by atoms with Gasteiger partial charge in [0, 0.05) is 0 Å². The molecule has 0 saturated heterocycles. The van der Waals surface area contributed by atoms with Gasteiger partial charge in [0.1, 0.15) is 0 Å². The van der Waals surface area contributed by atoms with E-state index in [1.54, 1.807) is 6.92 Å². The van der Waals surface area contributed by atoms with E-state index in [0.717, 1.165) is 12.8 Å². The first-order valence-electron chi connectivity index (χ1n) is 5.22. The largest absolute Gasteiger partial charge is 0.367 e. The van der Waals surface area contributed by atoms with Gasteiger partial charge in [-0.15, -0.1) is 0 Å². The summed E-state index contributed by atoms with van der Waals surface area (Å²) in [5.41, 5.74) is 1.34. The van der Waals surface area contributed by atoms with E-state index in [4.69, 9.17) is 0 Å². The molecule has 0 aromatic carbocycles. The lowest BCUT2D eigenvalue weighted by Gasteiger charge is -1.95. The van der Waals surface area contributed by atoms with Gasteiger partial charge in [-0.1, -0.05) is 37.4 Å². The zero-order valence-corrected chi connectivity index (χ0v) is 8.88. The number of nitrogens with zero attached hydrogens (tertiary/aromatic N) is 1. The van der Waals surface area contributed by atoms with Gasteiger partial charge < -0.3 is 4.84 Å². The lowest BCUT2D eigenvalue weighted by Crippen LogP contribution is -2.01. The van der Waals surface area contributed by atoms with Crippen molar-refractivity contribution in [1.29, 1.82) is 0 Å². The Hall–Kier alpha value is -1.12. The Morgan fingerprint density at radius 1 is 1.36 bits per heavy atom. The molecule has 0 N–H and O–H groups in total. The van der Waals surface area contributed by atoms with Gasteiger partial charge in [-0.05, 0) is 19.8 Å². The zero-order valence-electron chi connectivity index (χ0n) is 8.88. The predicted octanol–water partition coefficient (Wildman–Crippen LogP) is 2.82. The first kappa shape index (κ1) is 11.0. The van der Waals surface area contributed by atoms with Gasteiger partial charge in [-0.25, -0.2) is 4.79 Å². The van der Waals surface area contributed by atoms with Gasteiger partial charge in [0.15, 0.2) is 0 Å². The van der Waals surface area contributed by atoms with Crippen molar-refractivity contribution in [3.8, 4) is 0 Å². The number of hydrogen-bond donors (Lipinski definition) is 0. The van der Waals surface area contributed by atoms with Crippen LogP contribution < -0.4 is 0 Å². The fraction of sp³-hybridized carbons (Fsp3) is 0.636. The normalized spacial score (nSPS) is 18.6. The third kappa shape index (κ3) is 2.98. The molecule has 0 radical (unpaired) electrons. The minimum atomic E-state index is -0.307. The standard InChI is InChI=1S/C11H17NO2/c1-3-4-5-6-7-8-10-9(2)12-14-11(10)13/h8H,3-7H2,1-2H3/b10-8+. The molecule has 0 saturated carbocycles. The molecule has 0 aromatic heterocycles. The zero-order chi connectivity index (χ0) is 10.4. The van der Waals surface area contributed by atoms with Crippen molar-refractivity contribution in [3.05, 3.63) is 11.6 Å². The van der Waals surface area contributed by atoms with Gasteiger partial charge in [-0.3, -0.25) is 0 Å². The second-order valence-electron chi connectivity index (χ2n) is 3.52. The molecule has 1 aliphatic rings. The maximum atomic E-state index is 11.1. The summed E-state index contributed by atoms with van der Waals surface area (Å²) in [6.45, 7) is 3.98. The van der Waals surface area contributed by atoms with Gasteiger partial charge in [-0.2, -0.15) is 0 Å². The molecule has 1 heterocycles. The Morgan fingerprint density at radius 2 is 2.14 bits per heavy atom. The number of carbonyl (C=O) groups is 1. The Morgan fingerprint density at radius 3 is 2.71 bits per heavy atom. The summed E-state index contributed by atoms with van der Waals surface area (Å²) in [5, 5.41) is 3.61. The fourth-order valence-corrected chi connectivity index (χ4v) is 1.40. The van der Waals surface area contributed by atoms with E-state index >= 15 is 0 Å². The summed E-state index contributed by atoms with van der Waals surface area (Å²) < 4.78 is 0. The van der Waals surface area contributed by atoms with Gasteiger partial charge in [0.2, 0.25) is 0 Å². The van der Waals surface area contributed by atoms with Crippen LogP contribution >= 0.6 is 0 Å². The Bertz CT molecular complexity index is 266. The first-order valence-corrected chi connectivity index (χ1v) is 5.22. The van der Waals surface area contributed by atoms with Crippen molar-refractivity contribution in [3.63, 3.8) is 0 Å². The first-order chi connectivity index (χ1) is 6.75. The molecule has 1 rings (SSSR count). The van der Waals surface area contributed by atoms with Crippen LogP contribution in [0.1, 0.15) is 46.0 Å². The van der Waals surface area contributed by atoms with Crippen LogP contribution in [0.5, 0.6) is 0 Å². The molecule has 0 unspecified atom stereocenters. The molecule has 0 aliphatic carbocycles. The third-order valence-corrected chi connectivity index (χ3v) is 2.28. The van der Waals surface area contributed by atoms with E-state index in [2.05, 4.69) is 16.9 Å². The second-order valence-corrected chi connectivity index (χ2v) is 3.52. The number of oxime groups is 1. The molecule has 0 atom stereocenters. The highest BCUT2D eigenvalue weighted by Gasteiger charge is 2.20. The number of rotatable bonds is 5. The van der Waals surface area contributed by atoms with Crippen molar-refractivity contribution < 1.29 is 9.63 Å². The Labute approximate surface area is 84.8 Å². The van der Waals surface area contributed by atoms with Crippen LogP contribution in [0.4, 0.5) is 0 Å². The van der Waals surface area contributed by atoms with Crippen molar-refractivity contribution >= 4 is 11.7 Å². The molecule has 0 aromatic rings. The Kier molecular flexibility index (Phi) is 4.36. The molecule has 78 valence electrons. The highest BCUT2D eigenvalue weighted by molar-refractivity contribution is 6.21. The van der Waals surface area contributed by atoms with Gasteiger partial charge >= 0.3 is 5.97 Å². The van der Waals surface area contributed by atoms with Crippen LogP contribution in [0.25, 0.3) is 0 Å². The van der Waals surface area contributed by atoms with Crippen LogP contribution in [0.3, 0.4) is 0 Å². The third-order valence-electron chi connectivity index (χ3n) is 2.28.